The van der Waals surface area contributed by atoms with Gasteiger partial charge in [0.05, 0.1) is 21.3 Å². The predicted molar refractivity (Wildman–Crippen MR) is 169 cm³/mol. The lowest BCUT2D eigenvalue weighted by Crippen LogP contribution is -2.42. The summed E-state index contributed by atoms with van der Waals surface area (Å²) in [6, 6.07) is 13.1. The fourth-order valence-corrected chi connectivity index (χ4v) is 8.68. The van der Waals surface area contributed by atoms with Crippen molar-refractivity contribution in [1.29, 1.82) is 0 Å². The predicted octanol–water partition coefficient (Wildman–Crippen LogP) is 5.37. The maximum absolute atomic E-state index is 12.8. The molecule has 2 aromatic carbocycles. The van der Waals surface area contributed by atoms with Gasteiger partial charge in [0.15, 0.2) is 19.7 Å². The van der Waals surface area contributed by atoms with E-state index < -0.39 is 43.1 Å². The van der Waals surface area contributed by atoms with Crippen molar-refractivity contribution in [3.63, 3.8) is 0 Å². The summed E-state index contributed by atoms with van der Waals surface area (Å²) in [5, 5.41) is 5.54. The van der Waals surface area contributed by atoms with Gasteiger partial charge in [-0.1, -0.05) is 35.4 Å². The van der Waals surface area contributed by atoms with Crippen molar-refractivity contribution in [2.24, 2.45) is 11.8 Å². The van der Waals surface area contributed by atoms with Gasteiger partial charge in [-0.05, 0) is 103 Å². The second-order valence-electron chi connectivity index (χ2n) is 13.1. The zero-order chi connectivity index (χ0) is 32.8. The van der Waals surface area contributed by atoms with Crippen LogP contribution < -0.4 is 10.6 Å². The maximum atomic E-state index is 12.8. The van der Waals surface area contributed by atoms with Gasteiger partial charge >= 0.3 is 12.2 Å². The molecule has 0 aromatic heterocycles. The number of carbonyl (C=O) groups is 2. The van der Waals surface area contributed by atoms with Gasteiger partial charge in [-0.15, -0.1) is 0 Å². The molecule has 0 bridgehead atoms. The number of amides is 2. The Morgan fingerprint density at radius 2 is 0.932 bits per heavy atom. The van der Waals surface area contributed by atoms with E-state index >= 15 is 0 Å². The van der Waals surface area contributed by atoms with Crippen molar-refractivity contribution in [1.82, 2.24) is 10.6 Å². The number of ether oxygens (including phenoxy) is 2. The molecule has 0 unspecified atom stereocenters. The second kappa shape index (κ2) is 14.3. The topological polar surface area (TPSA) is 145 Å². The van der Waals surface area contributed by atoms with E-state index in [-0.39, 0.29) is 33.1 Å². The number of alkyl carbamates (subject to hydrolysis) is 2. The molecular weight excluding hydrogens is 604 g/mol. The molecule has 0 aliphatic heterocycles. The van der Waals surface area contributed by atoms with Gasteiger partial charge in [0, 0.05) is 13.1 Å². The normalized spacial score (nSPS) is 17.9. The summed E-state index contributed by atoms with van der Waals surface area (Å²) in [7, 11) is -7.27. The molecule has 1 fully saturated rings. The smallest absolute Gasteiger partial charge is 0.407 e. The molecule has 0 heterocycles. The first-order valence-electron chi connectivity index (χ1n) is 14.9. The van der Waals surface area contributed by atoms with E-state index in [0.29, 0.717) is 13.1 Å². The van der Waals surface area contributed by atoms with Crippen molar-refractivity contribution >= 4 is 31.9 Å². The van der Waals surface area contributed by atoms with Crippen molar-refractivity contribution in [3.8, 4) is 0 Å². The van der Waals surface area contributed by atoms with Crippen LogP contribution in [0.3, 0.4) is 0 Å². The molecule has 0 radical (unpaired) electrons. The van der Waals surface area contributed by atoms with Crippen LogP contribution in [0.25, 0.3) is 0 Å². The monoisotopic (exact) mass is 650 g/mol. The van der Waals surface area contributed by atoms with Crippen LogP contribution >= 0.6 is 0 Å². The maximum Gasteiger partial charge on any atom is 0.407 e. The number of benzene rings is 2. The highest BCUT2D eigenvalue weighted by atomic mass is 32.2. The van der Waals surface area contributed by atoms with Crippen molar-refractivity contribution in [2.75, 3.05) is 24.6 Å². The summed E-state index contributed by atoms with van der Waals surface area (Å²) in [5.74, 6) is -0.208. The lowest BCUT2D eigenvalue weighted by Gasteiger charge is -2.30. The van der Waals surface area contributed by atoms with Crippen LogP contribution in [0.2, 0.25) is 0 Å². The highest BCUT2D eigenvalue weighted by Gasteiger charge is 2.33. The summed E-state index contributed by atoms with van der Waals surface area (Å²) in [6.45, 7) is 10.9. The average molecular weight is 651 g/mol. The molecule has 10 nitrogen and oxygen atoms in total. The van der Waals surface area contributed by atoms with E-state index in [0.717, 1.165) is 36.8 Å². The lowest BCUT2D eigenvalue weighted by molar-refractivity contribution is 0.0511. The van der Waals surface area contributed by atoms with Crippen LogP contribution in [0, 0.1) is 25.7 Å². The molecule has 244 valence electrons. The molecule has 0 spiro atoms. The van der Waals surface area contributed by atoms with E-state index in [4.69, 9.17) is 9.47 Å². The number of hydrogen-bond donors (Lipinski definition) is 2. The Hall–Kier alpha value is -3.12. The van der Waals surface area contributed by atoms with Crippen molar-refractivity contribution < 1.29 is 35.9 Å². The van der Waals surface area contributed by atoms with Crippen LogP contribution in [0.4, 0.5) is 9.59 Å². The first-order valence-corrected chi connectivity index (χ1v) is 18.2. The molecule has 2 aromatic rings. The zero-order valence-electron chi connectivity index (χ0n) is 26.5. The van der Waals surface area contributed by atoms with Crippen molar-refractivity contribution in [3.05, 3.63) is 59.7 Å². The molecule has 2 amide bonds. The summed E-state index contributed by atoms with van der Waals surface area (Å²) < 4.78 is 62.1. The first kappa shape index (κ1) is 35.4. The Morgan fingerprint density at radius 1 is 0.636 bits per heavy atom. The fraction of sp³-hybridized carbons (Fsp3) is 0.562. The molecule has 2 N–H and O–H groups in total. The third-order valence-electron chi connectivity index (χ3n) is 7.61. The number of hydrogen-bond acceptors (Lipinski definition) is 8. The van der Waals surface area contributed by atoms with Crippen LogP contribution in [0.15, 0.2) is 58.3 Å². The Balaban J connectivity index is 1.36. The van der Waals surface area contributed by atoms with Crippen LogP contribution in [-0.2, 0) is 29.1 Å². The highest BCUT2D eigenvalue weighted by molar-refractivity contribution is 7.91. The number of aryl methyl sites for hydroxylation is 2. The van der Waals surface area contributed by atoms with E-state index in [1.165, 1.54) is 0 Å². The Morgan fingerprint density at radius 3 is 1.23 bits per heavy atom. The Kier molecular flexibility index (Phi) is 11.5. The molecular formula is C32H46N2O8S2. The van der Waals surface area contributed by atoms with Gasteiger partial charge in [-0.3, -0.25) is 0 Å². The first-order chi connectivity index (χ1) is 20.4. The number of rotatable bonds is 12. The molecule has 1 aliphatic rings. The van der Waals surface area contributed by atoms with Gasteiger partial charge in [-0.2, -0.15) is 0 Å². The Bertz CT molecular complexity index is 1380. The molecule has 1 saturated carbocycles. The minimum atomic E-state index is -3.64. The standard InChI is InChI=1S/C32H46N2O8S2/c1-23-7-15-27(16-8-23)43(37,38)21-31(3,4)41-29(35)33-19-25-11-13-26(14-12-25)20-34-30(36)42-32(5,6)22-44(39,40)28-17-9-24(2)10-18-28/h7-10,15-18,25-26H,11-14,19-22H2,1-6H3,(H,33,35)(H,34,36). The number of sulfone groups is 2. The largest absolute Gasteiger partial charge is 0.442 e. The summed E-state index contributed by atoms with van der Waals surface area (Å²) in [4.78, 5) is 25.3. The third kappa shape index (κ3) is 11.1. The minimum absolute atomic E-state index is 0.189. The van der Waals surface area contributed by atoms with Gasteiger partial charge in [0.2, 0.25) is 0 Å². The van der Waals surface area contributed by atoms with E-state index in [1.54, 1.807) is 76.2 Å². The van der Waals surface area contributed by atoms with E-state index in [2.05, 4.69) is 10.6 Å². The molecule has 3 rings (SSSR count). The number of nitrogens with one attached hydrogen (secondary N) is 2. The van der Waals surface area contributed by atoms with Gasteiger partial charge < -0.3 is 20.1 Å². The zero-order valence-corrected chi connectivity index (χ0v) is 28.1. The van der Waals surface area contributed by atoms with Gasteiger partial charge in [0.1, 0.15) is 11.2 Å². The quantitative estimate of drug-likeness (QED) is 0.312. The number of carbonyl (C=O) groups excluding carboxylic acids is 2. The lowest BCUT2D eigenvalue weighted by atomic mass is 9.82. The third-order valence-corrected chi connectivity index (χ3v) is 11.7. The van der Waals surface area contributed by atoms with Crippen LogP contribution in [0.1, 0.15) is 64.5 Å². The van der Waals surface area contributed by atoms with E-state index in [1.807, 2.05) is 13.8 Å². The molecule has 0 saturated heterocycles. The molecule has 0 atom stereocenters. The van der Waals surface area contributed by atoms with Gasteiger partial charge in [-0.25, -0.2) is 26.4 Å². The molecule has 1 aliphatic carbocycles. The summed E-state index contributed by atoms with van der Waals surface area (Å²) >= 11 is 0. The van der Waals surface area contributed by atoms with E-state index in [9.17, 15) is 26.4 Å². The van der Waals surface area contributed by atoms with Gasteiger partial charge in [0.25, 0.3) is 0 Å². The highest BCUT2D eigenvalue weighted by Crippen LogP contribution is 2.28. The van der Waals surface area contributed by atoms with Crippen LogP contribution in [-0.4, -0.2) is 64.8 Å². The average Bonchev–Trinajstić information content (AvgIpc) is 2.90. The second-order valence-corrected chi connectivity index (χ2v) is 17.1. The SMILES string of the molecule is Cc1ccc(S(=O)(=O)CC(C)(C)OC(=O)NCC2CCC(CNC(=O)OC(C)(C)CS(=O)(=O)c3ccc(C)cc3)CC2)cc1. The van der Waals surface area contributed by atoms with Crippen LogP contribution in [0.5, 0.6) is 0 Å². The molecule has 44 heavy (non-hydrogen) atoms. The fourth-order valence-electron chi connectivity index (χ4n) is 5.30. The summed E-state index contributed by atoms with van der Waals surface area (Å²) in [5.41, 5.74) is -0.526. The Labute approximate surface area is 262 Å². The summed E-state index contributed by atoms with van der Waals surface area (Å²) in [6.07, 6.45) is 2.04. The van der Waals surface area contributed by atoms with Crippen molar-refractivity contribution in [2.45, 2.75) is 88.2 Å². The minimum Gasteiger partial charge on any atom is -0.442 e. The molecule has 12 heteroatoms.